The van der Waals surface area contributed by atoms with E-state index in [0.717, 1.165) is 12.0 Å². The molecular formula is C17H18N2O3. The highest BCUT2D eigenvalue weighted by Gasteiger charge is 2.13. The Hall–Kier alpha value is -2.69. The third-order valence-electron chi connectivity index (χ3n) is 3.58. The molecule has 114 valence electrons. The molecule has 0 heterocycles. The van der Waals surface area contributed by atoms with Crippen LogP contribution in [0.4, 0.5) is 5.69 Å². The van der Waals surface area contributed by atoms with Crippen molar-refractivity contribution >= 4 is 11.6 Å². The van der Waals surface area contributed by atoms with Gasteiger partial charge < -0.3 is 5.32 Å². The van der Waals surface area contributed by atoms with Gasteiger partial charge in [0.05, 0.1) is 11.0 Å². The Morgan fingerprint density at radius 3 is 2.23 bits per heavy atom. The van der Waals surface area contributed by atoms with Crippen LogP contribution in [0.2, 0.25) is 0 Å². The number of nitro benzene ring substituents is 1. The average Bonchev–Trinajstić information content (AvgIpc) is 2.54. The first kappa shape index (κ1) is 15.7. The fourth-order valence-electron chi connectivity index (χ4n) is 2.14. The van der Waals surface area contributed by atoms with Crippen LogP contribution in [0.15, 0.2) is 48.5 Å². The molecule has 0 fully saturated rings. The van der Waals surface area contributed by atoms with E-state index in [1.165, 1.54) is 29.8 Å². The van der Waals surface area contributed by atoms with Crippen molar-refractivity contribution in [3.63, 3.8) is 0 Å². The molecule has 5 heteroatoms. The maximum atomic E-state index is 12.2. The lowest BCUT2D eigenvalue weighted by Crippen LogP contribution is -2.26. The van der Waals surface area contributed by atoms with Crippen LogP contribution in [-0.4, -0.2) is 10.8 Å². The summed E-state index contributed by atoms with van der Waals surface area (Å²) >= 11 is 0. The lowest BCUT2D eigenvalue weighted by atomic mass is 10.0. The molecule has 22 heavy (non-hydrogen) atoms. The van der Waals surface area contributed by atoms with Gasteiger partial charge >= 0.3 is 0 Å². The summed E-state index contributed by atoms with van der Waals surface area (Å²) in [5.74, 6) is -0.248. The predicted octanol–water partition coefficient (Wildman–Crippen LogP) is 3.65. The molecule has 0 radical (unpaired) electrons. The smallest absolute Gasteiger partial charge is 0.269 e. The molecule has 2 aromatic rings. The number of carbonyl (C=O) groups is 1. The summed E-state index contributed by atoms with van der Waals surface area (Å²) in [6.45, 7) is 4.00. The average molecular weight is 298 g/mol. The highest BCUT2D eigenvalue weighted by Crippen LogP contribution is 2.16. The second-order valence-corrected chi connectivity index (χ2v) is 5.09. The predicted molar refractivity (Wildman–Crippen MR) is 84.8 cm³/mol. The molecule has 0 aliphatic rings. The Bertz CT molecular complexity index is 663. The second-order valence-electron chi connectivity index (χ2n) is 5.09. The zero-order valence-corrected chi connectivity index (χ0v) is 12.6. The zero-order valence-electron chi connectivity index (χ0n) is 12.6. The van der Waals surface area contributed by atoms with Crippen molar-refractivity contribution in [3.8, 4) is 0 Å². The molecule has 0 aliphatic carbocycles. The first-order valence-corrected chi connectivity index (χ1v) is 7.15. The fourth-order valence-corrected chi connectivity index (χ4v) is 2.14. The van der Waals surface area contributed by atoms with Gasteiger partial charge in [-0.3, -0.25) is 14.9 Å². The van der Waals surface area contributed by atoms with Crippen molar-refractivity contribution in [2.24, 2.45) is 0 Å². The normalized spacial score (nSPS) is 11.7. The number of amides is 1. The Balaban J connectivity index is 2.05. The highest BCUT2D eigenvalue weighted by molar-refractivity contribution is 5.94. The SMILES string of the molecule is CCc1ccc([C@@H](C)NC(=O)c2ccc([N+](=O)[O-])cc2)cc1. The number of hydrogen-bond acceptors (Lipinski definition) is 3. The van der Waals surface area contributed by atoms with Gasteiger partial charge in [0, 0.05) is 17.7 Å². The highest BCUT2D eigenvalue weighted by atomic mass is 16.6. The minimum Gasteiger partial charge on any atom is -0.346 e. The number of rotatable bonds is 5. The number of nitrogens with zero attached hydrogens (tertiary/aromatic N) is 1. The van der Waals surface area contributed by atoms with E-state index in [2.05, 4.69) is 12.2 Å². The summed E-state index contributed by atoms with van der Waals surface area (Å²) in [4.78, 5) is 22.3. The number of hydrogen-bond donors (Lipinski definition) is 1. The summed E-state index contributed by atoms with van der Waals surface area (Å²) in [7, 11) is 0. The topological polar surface area (TPSA) is 72.2 Å². The first-order chi connectivity index (χ1) is 10.5. The number of non-ortho nitro benzene ring substituents is 1. The second kappa shape index (κ2) is 6.85. The third-order valence-corrected chi connectivity index (χ3v) is 3.58. The Kier molecular flexibility index (Phi) is 4.88. The van der Waals surface area contributed by atoms with Crippen LogP contribution in [0, 0.1) is 10.1 Å². The van der Waals surface area contributed by atoms with Crippen LogP contribution in [0.5, 0.6) is 0 Å². The number of aryl methyl sites for hydroxylation is 1. The van der Waals surface area contributed by atoms with Gasteiger partial charge in [-0.1, -0.05) is 31.2 Å². The lowest BCUT2D eigenvalue weighted by molar-refractivity contribution is -0.384. The van der Waals surface area contributed by atoms with E-state index in [1.807, 2.05) is 31.2 Å². The van der Waals surface area contributed by atoms with Crippen molar-refractivity contribution in [1.29, 1.82) is 0 Å². The van der Waals surface area contributed by atoms with Crippen molar-refractivity contribution in [2.75, 3.05) is 0 Å². The number of nitrogens with one attached hydrogen (secondary N) is 1. The van der Waals surface area contributed by atoms with Crippen molar-refractivity contribution in [1.82, 2.24) is 5.32 Å². The van der Waals surface area contributed by atoms with E-state index in [-0.39, 0.29) is 17.6 Å². The van der Waals surface area contributed by atoms with Gasteiger partial charge in [-0.2, -0.15) is 0 Å². The number of benzene rings is 2. The summed E-state index contributed by atoms with van der Waals surface area (Å²) in [6, 6.07) is 13.5. The largest absolute Gasteiger partial charge is 0.346 e. The van der Waals surface area contributed by atoms with Crippen LogP contribution in [0.1, 0.15) is 41.4 Å². The van der Waals surface area contributed by atoms with Gasteiger partial charge in [-0.25, -0.2) is 0 Å². The van der Waals surface area contributed by atoms with Crippen LogP contribution in [-0.2, 0) is 6.42 Å². The van der Waals surface area contributed by atoms with Gasteiger partial charge in [0.2, 0.25) is 0 Å². The maximum Gasteiger partial charge on any atom is 0.269 e. The van der Waals surface area contributed by atoms with Gasteiger partial charge in [0.25, 0.3) is 11.6 Å². The molecule has 0 aromatic heterocycles. The van der Waals surface area contributed by atoms with Gasteiger partial charge in [0.1, 0.15) is 0 Å². The van der Waals surface area contributed by atoms with Crippen LogP contribution in [0.25, 0.3) is 0 Å². The van der Waals surface area contributed by atoms with E-state index < -0.39 is 4.92 Å². The molecule has 0 aliphatic heterocycles. The monoisotopic (exact) mass is 298 g/mol. The van der Waals surface area contributed by atoms with Crippen molar-refractivity contribution in [2.45, 2.75) is 26.3 Å². The van der Waals surface area contributed by atoms with E-state index in [9.17, 15) is 14.9 Å². The van der Waals surface area contributed by atoms with Crippen molar-refractivity contribution in [3.05, 3.63) is 75.3 Å². The Labute approximate surface area is 129 Å². The van der Waals surface area contributed by atoms with Crippen molar-refractivity contribution < 1.29 is 9.72 Å². The summed E-state index contributed by atoms with van der Waals surface area (Å²) in [5.41, 5.74) is 2.65. The first-order valence-electron chi connectivity index (χ1n) is 7.15. The Morgan fingerprint density at radius 1 is 1.14 bits per heavy atom. The quantitative estimate of drug-likeness (QED) is 0.676. The molecule has 0 saturated heterocycles. The van der Waals surface area contributed by atoms with Crippen LogP contribution in [0.3, 0.4) is 0 Å². The van der Waals surface area contributed by atoms with Crippen LogP contribution >= 0.6 is 0 Å². The summed E-state index contributed by atoms with van der Waals surface area (Å²) in [5, 5.41) is 13.5. The molecule has 1 N–H and O–H groups in total. The minimum absolute atomic E-state index is 0.0280. The van der Waals surface area contributed by atoms with E-state index in [0.29, 0.717) is 5.56 Å². The number of carbonyl (C=O) groups excluding carboxylic acids is 1. The molecule has 5 nitrogen and oxygen atoms in total. The van der Waals surface area contributed by atoms with E-state index in [4.69, 9.17) is 0 Å². The molecule has 1 atom stereocenters. The summed E-state index contributed by atoms with van der Waals surface area (Å²) in [6.07, 6.45) is 0.976. The molecule has 2 aromatic carbocycles. The Morgan fingerprint density at radius 2 is 1.73 bits per heavy atom. The van der Waals surface area contributed by atoms with E-state index in [1.54, 1.807) is 0 Å². The molecule has 1 amide bonds. The number of nitro groups is 1. The third kappa shape index (κ3) is 3.69. The summed E-state index contributed by atoms with van der Waals surface area (Å²) < 4.78 is 0. The van der Waals surface area contributed by atoms with Gasteiger partial charge in [0.15, 0.2) is 0 Å². The van der Waals surface area contributed by atoms with E-state index >= 15 is 0 Å². The van der Waals surface area contributed by atoms with Gasteiger partial charge in [-0.15, -0.1) is 0 Å². The lowest BCUT2D eigenvalue weighted by Gasteiger charge is -2.14. The molecule has 2 rings (SSSR count). The fraction of sp³-hybridized carbons (Fsp3) is 0.235. The standard InChI is InChI=1S/C17H18N2O3/c1-3-13-4-6-14(7-5-13)12(2)18-17(20)15-8-10-16(11-9-15)19(21)22/h4-12H,3H2,1-2H3,(H,18,20)/t12-/m1/s1. The minimum atomic E-state index is -0.487. The molecular weight excluding hydrogens is 280 g/mol. The molecule has 0 spiro atoms. The molecule has 0 unspecified atom stereocenters. The zero-order chi connectivity index (χ0) is 16.1. The maximum absolute atomic E-state index is 12.2. The molecule has 0 saturated carbocycles. The molecule has 0 bridgehead atoms. The van der Waals surface area contributed by atoms with Crippen LogP contribution < -0.4 is 5.32 Å². The van der Waals surface area contributed by atoms with Gasteiger partial charge in [-0.05, 0) is 36.6 Å².